The van der Waals surface area contributed by atoms with Crippen molar-refractivity contribution in [1.82, 2.24) is 0 Å². The van der Waals surface area contributed by atoms with Crippen LogP contribution in [0, 0.1) is 5.82 Å². The van der Waals surface area contributed by atoms with Crippen LogP contribution >= 0.6 is 11.6 Å². The molecule has 0 fully saturated rings. The number of benzene rings is 3. The van der Waals surface area contributed by atoms with E-state index >= 15 is 0 Å². The summed E-state index contributed by atoms with van der Waals surface area (Å²) in [6, 6.07) is 13.6. The van der Waals surface area contributed by atoms with Gasteiger partial charge in [-0.15, -0.1) is 0 Å². The van der Waals surface area contributed by atoms with Gasteiger partial charge in [-0.1, -0.05) is 11.6 Å². The van der Waals surface area contributed by atoms with Crippen LogP contribution < -0.4 is 19.1 Å². The third-order valence-corrected chi connectivity index (χ3v) is 6.75. The number of ether oxygens (including phenoxy) is 2. The number of nitrogens with zero attached hydrogens (tertiary/aromatic N) is 1. The summed E-state index contributed by atoms with van der Waals surface area (Å²) in [7, 11) is 0.244. The Kier molecular flexibility index (Phi) is 6.90. The topological polar surface area (TPSA) is 84.9 Å². The lowest BCUT2D eigenvalue weighted by molar-refractivity contribution is 0.102. The second-order valence-corrected chi connectivity index (χ2v) is 9.02. The fraction of sp³-hybridized carbons (Fsp3) is 0.136. The molecule has 0 bridgehead atoms. The van der Waals surface area contributed by atoms with E-state index in [4.69, 9.17) is 21.1 Å². The van der Waals surface area contributed by atoms with E-state index in [1.54, 1.807) is 18.2 Å². The lowest BCUT2D eigenvalue weighted by Crippen LogP contribution is -2.27. The molecule has 1 amide bonds. The van der Waals surface area contributed by atoms with Gasteiger partial charge in [-0.3, -0.25) is 9.10 Å². The summed E-state index contributed by atoms with van der Waals surface area (Å²) >= 11 is 6.18. The van der Waals surface area contributed by atoms with Gasteiger partial charge in [0.2, 0.25) is 0 Å². The van der Waals surface area contributed by atoms with Crippen molar-refractivity contribution in [3.8, 4) is 11.5 Å². The molecule has 3 aromatic carbocycles. The number of amides is 1. The normalized spacial score (nSPS) is 11.0. The van der Waals surface area contributed by atoms with Crippen molar-refractivity contribution in [3.63, 3.8) is 0 Å². The molecule has 10 heteroatoms. The molecule has 3 aromatic rings. The maximum atomic E-state index is 13.2. The molecule has 0 heterocycles. The van der Waals surface area contributed by atoms with Gasteiger partial charge in [-0.25, -0.2) is 12.8 Å². The molecule has 7 nitrogen and oxygen atoms in total. The van der Waals surface area contributed by atoms with Crippen molar-refractivity contribution < 1.29 is 27.1 Å². The molecular weight excluding hydrogens is 459 g/mol. The Morgan fingerprint density at radius 2 is 1.56 bits per heavy atom. The summed E-state index contributed by atoms with van der Waals surface area (Å²) < 4.78 is 50.6. The first-order valence-electron chi connectivity index (χ1n) is 9.24. The van der Waals surface area contributed by atoms with Crippen molar-refractivity contribution in [3.05, 3.63) is 77.1 Å². The van der Waals surface area contributed by atoms with Gasteiger partial charge in [-0.05, 0) is 42.5 Å². The van der Waals surface area contributed by atoms with Crippen molar-refractivity contribution in [2.45, 2.75) is 4.90 Å². The molecule has 0 atom stereocenters. The van der Waals surface area contributed by atoms with Gasteiger partial charge in [0.05, 0.1) is 35.4 Å². The van der Waals surface area contributed by atoms with Gasteiger partial charge in [-0.2, -0.15) is 0 Å². The Morgan fingerprint density at radius 1 is 0.969 bits per heavy atom. The Balaban J connectivity index is 1.93. The van der Waals surface area contributed by atoms with Gasteiger partial charge in [0.25, 0.3) is 15.9 Å². The number of carbonyl (C=O) groups is 1. The number of hydrogen-bond donors (Lipinski definition) is 1. The van der Waals surface area contributed by atoms with E-state index in [9.17, 15) is 17.6 Å². The zero-order chi connectivity index (χ0) is 23.5. The average Bonchev–Trinajstić information content (AvgIpc) is 2.78. The minimum atomic E-state index is -4.04. The fourth-order valence-electron chi connectivity index (χ4n) is 2.86. The predicted molar refractivity (Wildman–Crippen MR) is 121 cm³/mol. The van der Waals surface area contributed by atoms with Crippen LogP contribution in [0.3, 0.4) is 0 Å². The highest BCUT2D eigenvalue weighted by atomic mass is 35.5. The Hall–Kier alpha value is -3.30. The number of sulfonamides is 1. The number of halogens is 2. The van der Waals surface area contributed by atoms with Crippen molar-refractivity contribution >= 4 is 38.9 Å². The van der Waals surface area contributed by atoms with Crippen molar-refractivity contribution in [2.75, 3.05) is 30.9 Å². The molecule has 168 valence electrons. The lowest BCUT2D eigenvalue weighted by Gasteiger charge is -2.20. The molecule has 1 N–H and O–H groups in total. The Morgan fingerprint density at radius 3 is 2.12 bits per heavy atom. The standard InChI is InChI=1S/C22H20ClFN2O5S/c1-26(16-6-4-14(24)5-7-16)32(28,29)19-8-9-21(23)20(13-19)22(27)25-15-10-17(30-2)12-18(11-15)31-3/h4-13H,1-3H3,(H,25,27). The van der Waals surface area contributed by atoms with Gasteiger partial charge in [0, 0.05) is 30.9 Å². The van der Waals surface area contributed by atoms with Crippen LogP contribution in [0.15, 0.2) is 65.6 Å². The number of rotatable bonds is 7. The van der Waals surface area contributed by atoms with E-state index in [1.807, 2.05) is 0 Å². The first-order valence-corrected chi connectivity index (χ1v) is 11.1. The first-order chi connectivity index (χ1) is 15.1. The molecule has 0 aliphatic carbocycles. The van der Waals surface area contributed by atoms with Gasteiger partial charge in [0.1, 0.15) is 17.3 Å². The van der Waals surface area contributed by atoms with Gasteiger partial charge >= 0.3 is 0 Å². The summed E-state index contributed by atoms with van der Waals surface area (Å²) in [4.78, 5) is 12.7. The Labute approximate surface area is 190 Å². The van der Waals surface area contributed by atoms with Crippen LogP contribution in [-0.2, 0) is 10.0 Å². The maximum absolute atomic E-state index is 13.2. The van der Waals surface area contributed by atoms with Gasteiger partial charge < -0.3 is 14.8 Å². The summed E-state index contributed by atoms with van der Waals surface area (Å²) in [5.74, 6) is -0.183. The third-order valence-electron chi connectivity index (χ3n) is 4.64. The smallest absolute Gasteiger partial charge is 0.264 e. The second-order valence-electron chi connectivity index (χ2n) is 6.65. The average molecular weight is 479 g/mol. The predicted octanol–water partition coefficient (Wildman–Crippen LogP) is 4.57. The van der Waals surface area contributed by atoms with E-state index in [-0.39, 0.29) is 21.2 Å². The third kappa shape index (κ3) is 4.95. The number of nitrogens with one attached hydrogen (secondary N) is 1. The quantitative estimate of drug-likeness (QED) is 0.537. The summed E-state index contributed by atoms with van der Waals surface area (Å²) in [6.45, 7) is 0. The highest BCUT2D eigenvalue weighted by molar-refractivity contribution is 7.92. The Bertz CT molecular complexity index is 1230. The lowest BCUT2D eigenvalue weighted by atomic mass is 10.2. The van der Waals surface area contributed by atoms with E-state index in [2.05, 4.69) is 5.32 Å². The summed E-state index contributed by atoms with van der Waals surface area (Å²) in [5, 5.41) is 2.73. The zero-order valence-corrected chi connectivity index (χ0v) is 19.0. The fourth-order valence-corrected chi connectivity index (χ4v) is 4.29. The van der Waals surface area contributed by atoms with E-state index in [0.717, 1.165) is 16.4 Å². The van der Waals surface area contributed by atoms with Crippen LogP contribution in [0.1, 0.15) is 10.4 Å². The minimum Gasteiger partial charge on any atom is -0.497 e. The van der Waals surface area contributed by atoms with Crippen LogP contribution in [0.5, 0.6) is 11.5 Å². The van der Waals surface area contributed by atoms with Crippen LogP contribution in [0.2, 0.25) is 5.02 Å². The van der Waals surface area contributed by atoms with E-state index in [0.29, 0.717) is 17.2 Å². The molecule has 0 saturated carbocycles. The zero-order valence-electron chi connectivity index (χ0n) is 17.4. The molecule has 32 heavy (non-hydrogen) atoms. The number of anilines is 2. The van der Waals surface area contributed by atoms with Crippen molar-refractivity contribution in [1.29, 1.82) is 0 Å². The summed E-state index contributed by atoms with van der Waals surface area (Å²) in [5.41, 5.74) is 0.594. The maximum Gasteiger partial charge on any atom is 0.264 e. The van der Waals surface area contributed by atoms with Crippen LogP contribution in [0.4, 0.5) is 15.8 Å². The minimum absolute atomic E-state index is 0.0398. The number of carbonyl (C=O) groups excluding carboxylic acids is 1. The largest absolute Gasteiger partial charge is 0.497 e. The number of hydrogen-bond acceptors (Lipinski definition) is 5. The SMILES string of the molecule is COc1cc(NC(=O)c2cc(S(=O)(=O)N(C)c3ccc(F)cc3)ccc2Cl)cc(OC)c1. The molecule has 0 radical (unpaired) electrons. The van der Waals surface area contributed by atoms with Crippen molar-refractivity contribution in [2.24, 2.45) is 0 Å². The molecule has 0 unspecified atom stereocenters. The van der Waals surface area contributed by atoms with E-state index < -0.39 is 21.7 Å². The summed E-state index contributed by atoms with van der Waals surface area (Å²) in [6.07, 6.45) is 0. The molecule has 3 rings (SSSR count). The molecule has 0 aliphatic heterocycles. The van der Waals surface area contributed by atoms with E-state index in [1.165, 1.54) is 51.6 Å². The first kappa shape index (κ1) is 23.4. The number of methoxy groups -OCH3 is 2. The second kappa shape index (κ2) is 9.46. The molecule has 0 spiro atoms. The molecule has 0 aromatic heterocycles. The molecular formula is C22H20ClFN2O5S. The monoisotopic (exact) mass is 478 g/mol. The van der Waals surface area contributed by atoms with Crippen LogP contribution in [-0.4, -0.2) is 35.6 Å². The molecule has 0 saturated heterocycles. The van der Waals surface area contributed by atoms with Gasteiger partial charge in [0.15, 0.2) is 0 Å². The molecule has 0 aliphatic rings. The highest BCUT2D eigenvalue weighted by Gasteiger charge is 2.24. The highest BCUT2D eigenvalue weighted by Crippen LogP contribution is 2.29. The van der Waals surface area contributed by atoms with Crippen LogP contribution in [0.25, 0.3) is 0 Å².